The van der Waals surface area contributed by atoms with E-state index in [2.05, 4.69) is 33.1 Å². The van der Waals surface area contributed by atoms with Gasteiger partial charge in [-0.2, -0.15) is 5.10 Å². The van der Waals surface area contributed by atoms with E-state index in [-0.39, 0.29) is 11.7 Å². The Labute approximate surface area is 130 Å². The summed E-state index contributed by atoms with van der Waals surface area (Å²) < 4.78 is 1.15. The number of nitrogens with one attached hydrogen (secondary N) is 1. The molecule has 2 aromatic carbocycles. The number of hydrogen-bond acceptors (Lipinski definition) is 3. The smallest absolute Gasteiger partial charge is 0.271 e. The molecule has 0 heterocycles. The third-order valence-electron chi connectivity index (χ3n) is 2.72. The van der Waals surface area contributed by atoms with Crippen LogP contribution in [0.25, 0.3) is 0 Å². The molecular weight excluding hydrogens is 367 g/mol. The van der Waals surface area contributed by atoms with Crippen molar-refractivity contribution in [1.82, 2.24) is 5.43 Å². The largest absolute Gasteiger partial charge is 0.508 e. The molecule has 0 bridgehead atoms. The van der Waals surface area contributed by atoms with Crippen LogP contribution in [0.2, 0.25) is 0 Å². The van der Waals surface area contributed by atoms with Crippen LogP contribution in [0.3, 0.4) is 0 Å². The molecule has 0 saturated carbocycles. The standard InChI is InChI=1S/C15H13IN2O2/c1-10(11-2-6-13(16)7-3-11)17-18-15(20)12-4-8-14(19)9-5-12/h2-9,19H,1H3,(H,18,20)/b17-10-. The first-order valence-corrected chi connectivity index (χ1v) is 7.04. The van der Waals surface area contributed by atoms with Crippen LogP contribution in [0.4, 0.5) is 0 Å². The van der Waals surface area contributed by atoms with Gasteiger partial charge in [0, 0.05) is 9.13 Å². The summed E-state index contributed by atoms with van der Waals surface area (Å²) in [6.07, 6.45) is 0. The van der Waals surface area contributed by atoms with Crippen LogP contribution in [0.1, 0.15) is 22.8 Å². The number of aromatic hydroxyl groups is 1. The Balaban J connectivity index is 2.06. The molecule has 0 aliphatic rings. The summed E-state index contributed by atoms with van der Waals surface area (Å²) in [5, 5.41) is 13.2. The van der Waals surface area contributed by atoms with Gasteiger partial charge in [0.15, 0.2) is 0 Å². The molecule has 2 rings (SSSR count). The number of rotatable bonds is 3. The highest BCUT2D eigenvalue weighted by atomic mass is 127. The highest BCUT2D eigenvalue weighted by Gasteiger charge is 2.04. The van der Waals surface area contributed by atoms with Gasteiger partial charge in [-0.15, -0.1) is 0 Å². The number of amides is 1. The average Bonchev–Trinajstić information content (AvgIpc) is 2.46. The number of carbonyl (C=O) groups excluding carboxylic acids is 1. The van der Waals surface area contributed by atoms with Gasteiger partial charge < -0.3 is 5.11 Å². The lowest BCUT2D eigenvalue weighted by molar-refractivity contribution is 0.0955. The summed E-state index contributed by atoms with van der Waals surface area (Å²) in [4.78, 5) is 11.8. The predicted molar refractivity (Wildman–Crippen MR) is 86.9 cm³/mol. The van der Waals surface area contributed by atoms with E-state index in [9.17, 15) is 4.79 Å². The van der Waals surface area contributed by atoms with Crippen molar-refractivity contribution in [3.05, 3.63) is 63.2 Å². The molecule has 2 N–H and O–H groups in total. The highest BCUT2D eigenvalue weighted by Crippen LogP contribution is 2.10. The Morgan fingerprint density at radius 1 is 1.05 bits per heavy atom. The Morgan fingerprint density at radius 2 is 1.60 bits per heavy atom. The molecular formula is C15H13IN2O2. The first-order chi connectivity index (χ1) is 9.56. The molecule has 2 aromatic rings. The van der Waals surface area contributed by atoms with E-state index in [1.165, 1.54) is 12.1 Å². The van der Waals surface area contributed by atoms with Crippen LogP contribution in [0.5, 0.6) is 5.75 Å². The molecule has 5 heteroatoms. The lowest BCUT2D eigenvalue weighted by Crippen LogP contribution is -2.19. The number of hydrogen-bond donors (Lipinski definition) is 2. The van der Waals surface area contributed by atoms with Crippen molar-refractivity contribution in [2.75, 3.05) is 0 Å². The van der Waals surface area contributed by atoms with Crippen LogP contribution in [0, 0.1) is 3.57 Å². The van der Waals surface area contributed by atoms with Crippen molar-refractivity contribution in [2.45, 2.75) is 6.92 Å². The second-order valence-corrected chi connectivity index (χ2v) is 5.44. The maximum absolute atomic E-state index is 11.8. The number of hydrazone groups is 1. The Morgan fingerprint density at radius 3 is 2.20 bits per heavy atom. The van der Waals surface area contributed by atoms with Gasteiger partial charge in [0.05, 0.1) is 5.71 Å². The third-order valence-corrected chi connectivity index (χ3v) is 3.44. The average molecular weight is 380 g/mol. The van der Waals surface area contributed by atoms with E-state index in [1.807, 2.05) is 31.2 Å². The minimum Gasteiger partial charge on any atom is -0.508 e. The zero-order valence-electron chi connectivity index (χ0n) is 10.8. The van der Waals surface area contributed by atoms with E-state index in [0.717, 1.165) is 14.8 Å². The summed E-state index contributed by atoms with van der Waals surface area (Å²) in [6.45, 7) is 1.83. The number of halogens is 1. The van der Waals surface area contributed by atoms with E-state index >= 15 is 0 Å². The molecule has 0 spiro atoms. The predicted octanol–water partition coefficient (Wildman–Crippen LogP) is 3.15. The summed E-state index contributed by atoms with van der Waals surface area (Å²) in [7, 11) is 0. The summed E-state index contributed by atoms with van der Waals surface area (Å²) >= 11 is 2.23. The van der Waals surface area contributed by atoms with Crippen molar-refractivity contribution in [1.29, 1.82) is 0 Å². The first-order valence-electron chi connectivity index (χ1n) is 5.96. The monoisotopic (exact) mass is 380 g/mol. The quantitative estimate of drug-likeness (QED) is 0.488. The van der Waals surface area contributed by atoms with Gasteiger partial charge in [-0.3, -0.25) is 4.79 Å². The Bertz CT molecular complexity index is 634. The molecule has 20 heavy (non-hydrogen) atoms. The van der Waals surface area contributed by atoms with Gasteiger partial charge in [0.2, 0.25) is 0 Å². The molecule has 0 saturated heterocycles. The normalized spacial score (nSPS) is 11.2. The second-order valence-electron chi connectivity index (χ2n) is 4.19. The fourth-order valence-electron chi connectivity index (χ4n) is 1.57. The minimum atomic E-state index is -0.310. The minimum absolute atomic E-state index is 0.125. The molecule has 0 aromatic heterocycles. The van der Waals surface area contributed by atoms with Crippen molar-refractivity contribution in [3.8, 4) is 5.75 Å². The van der Waals surface area contributed by atoms with Crippen molar-refractivity contribution in [2.24, 2.45) is 5.10 Å². The first kappa shape index (κ1) is 14.5. The van der Waals surface area contributed by atoms with E-state index in [1.54, 1.807) is 12.1 Å². The van der Waals surface area contributed by atoms with Crippen LogP contribution < -0.4 is 5.43 Å². The molecule has 102 valence electrons. The molecule has 4 nitrogen and oxygen atoms in total. The lowest BCUT2D eigenvalue weighted by Gasteiger charge is -2.03. The lowest BCUT2D eigenvalue weighted by atomic mass is 10.1. The number of carbonyl (C=O) groups is 1. The molecule has 0 radical (unpaired) electrons. The maximum atomic E-state index is 11.8. The molecule has 0 unspecified atom stereocenters. The van der Waals surface area contributed by atoms with Gasteiger partial charge in [-0.25, -0.2) is 5.43 Å². The Hall–Kier alpha value is -1.89. The summed E-state index contributed by atoms with van der Waals surface area (Å²) in [5.41, 5.74) is 4.63. The van der Waals surface area contributed by atoms with Gasteiger partial charge in [-0.05, 0) is 71.5 Å². The van der Waals surface area contributed by atoms with Crippen LogP contribution in [-0.2, 0) is 0 Å². The zero-order valence-corrected chi connectivity index (χ0v) is 13.0. The Kier molecular flexibility index (Phi) is 4.73. The maximum Gasteiger partial charge on any atom is 0.271 e. The van der Waals surface area contributed by atoms with Gasteiger partial charge in [0.1, 0.15) is 5.75 Å². The van der Waals surface area contributed by atoms with Gasteiger partial charge in [0.25, 0.3) is 5.91 Å². The molecule has 0 fully saturated rings. The second kappa shape index (κ2) is 6.51. The van der Waals surface area contributed by atoms with Crippen molar-refractivity contribution in [3.63, 3.8) is 0 Å². The van der Waals surface area contributed by atoms with E-state index in [4.69, 9.17) is 5.11 Å². The highest BCUT2D eigenvalue weighted by molar-refractivity contribution is 14.1. The number of phenolic OH excluding ortho intramolecular Hbond substituents is 1. The van der Waals surface area contributed by atoms with Gasteiger partial charge >= 0.3 is 0 Å². The van der Waals surface area contributed by atoms with Crippen molar-refractivity contribution >= 4 is 34.2 Å². The summed E-state index contributed by atoms with van der Waals surface area (Å²) in [6, 6.07) is 13.9. The number of benzene rings is 2. The fraction of sp³-hybridized carbons (Fsp3) is 0.0667. The molecule has 0 atom stereocenters. The fourth-order valence-corrected chi connectivity index (χ4v) is 1.93. The third kappa shape index (κ3) is 3.80. The molecule has 0 aliphatic heterocycles. The SMILES string of the molecule is C/C(=N/NC(=O)c1ccc(O)cc1)c1ccc(I)cc1. The summed E-state index contributed by atoms with van der Waals surface area (Å²) in [5.74, 6) is -0.185. The number of nitrogens with zero attached hydrogens (tertiary/aromatic N) is 1. The van der Waals surface area contributed by atoms with Crippen LogP contribution >= 0.6 is 22.6 Å². The van der Waals surface area contributed by atoms with Crippen molar-refractivity contribution < 1.29 is 9.90 Å². The molecule has 0 aliphatic carbocycles. The molecule has 1 amide bonds. The van der Waals surface area contributed by atoms with E-state index < -0.39 is 0 Å². The van der Waals surface area contributed by atoms with Crippen LogP contribution in [0.15, 0.2) is 53.6 Å². The zero-order chi connectivity index (χ0) is 14.5. The van der Waals surface area contributed by atoms with Gasteiger partial charge in [-0.1, -0.05) is 12.1 Å². The topological polar surface area (TPSA) is 61.7 Å². The number of phenols is 1. The van der Waals surface area contributed by atoms with Crippen LogP contribution in [-0.4, -0.2) is 16.7 Å². The van der Waals surface area contributed by atoms with E-state index in [0.29, 0.717) is 5.56 Å².